The topological polar surface area (TPSA) is 59.0 Å². The van der Waals surface area contributed by atoms with Crippen LogP contribution in [0.2, 0.25) is 0 Å². The molecule has 1 aliphatic rings. The van der Waals surface area contributed by atoms with Gasteiger partial charge in [-0.15, -0.1) is 0 Å². The highest BCUT2D eigenvalue weighted by molar-refractivity contribution is 7.07. The number of phenols is 1. The fourth-order valence-corrected chi connectivity index (χ4v) is 3.36. The van der Waals surface area contributed by atoms with E-state index in [1.807, 2.05) is 16.8 Å². The highest BCUT2D eigenvalue weighted by atomic mass is 32.1. The monoisotopic (exact) mass is 347 g/mol. The van der Waals surface area contributed by atoms with E-state index in [4.69, 9.17) is 9.47 Å². The summed E-state index contributed by atoms with van der Waals surface area (Å²) in [4.78, 5) is 14.4. The van der Waals surface area contributed by atoms with Gasteiger partial charge in [-0.2, -0.15) is 11.3 Å². The lowest BCUT2D eigenvalue weighted by molar-refractivity contribution is -0.135. The molecule has 0 spiro atoms. The molecule has 24 heavy (non-hydrogen) atoms. The Hall–Kier alpha value is -2.05. The first-order valence-corrected chi connectivity index (χ1v) is 8.98. The zero-order valence-corrected chi connectivity index (χ0v) is 14.2. The van der Waals surface area contributed by atoms with E-state index < -0.39 is 0 Å². The maximum Gasteiger partial charge on any atom is 0.260 e. The molecule has 6 heteroatoms. The third kappa shape index (κ3) is 4.49. The van der Waals surface area contributed by atoms with Gasteiger partial charge in [-0.3, -0.25) is 4.79 Å². The number of hydrogen-bond donors (Lipinski definition) is 1. The van der Waals surface area contributed by atoms with Crippen LogP contribution < -0.4 is 4.74 Å². The van der Waals surface area contributed by atoms with Crippen molar-refractivity contribution < 1.29 is 19.4 Å². The third-order valence-corrected chi connectivity index (χ3v) is 4.70. The molecule has 1 amide bonds. The minimum atomic E-state index is -0.111. The molecule has 1 aromatic carbocycles. The van der Waals surface area contributed by atoms with E-state index in [1.54, 1.807) is 34.4 Å². The van der Waals surface area contributed by atoms with Crippen molar-refractivity contribution in [2.75, 3.05) is 19.8 Å². The van der Waals surface area contributed by atoms with Crippen molar-refractivity contribution in [1.82, 2.24) is 4.90 Å². The number of hydrogen-bond acceptors (Lipinski definition) is 5. The minimum absolute atomic E-state index is 0.0359. The molecule has 1 atom stereocenters. The van der Waals surface area contributed by atoms with Gasteiger partial charge in [0, 0.05) is 19.7 Å². The van der Waals surface area contributed by atoms with Crippen LogP contribution in [0.3, 0.4) is 0 Å². The van der Waals surface area contributed by atoms with Crippen LogP contribution in [0.5, 0.6) is 11.5 Å². The van der Waals surface area contributed by atoms with Crippen LogP contribution in [0.1, 0.15) is 18.4 Å². The summed E-state index contributed by atoms with van der Waals surface area (Å²) >= 11 is 1.61. The Balaban J connectivity index is 1.62. The van der Waals surface area contributed by atoms with Crippen LogP contribution in [0.25, 0.3) is 0 Å². The number of carbonyl (C=O) groups is 1. The summed E-state index contributed by atoms with van der Waals surface area (Å²) in [6, 6.07) is 8.67. The van der Waals surface area contributed by atoms with Crippen molar-refractivity contribution in [3.8, 4) is 11.5 Å². The molecule has 1 aromatic heterocycles. The fraction of sp³-hybridized carbons (Fsp3) is 0.389. The highest BCUT2D eigenvalue weighted by Crippen LogP contribution is 2.24. The molecule has 0 unspecified atom stereocenters. The second kappa shape index (κ2) is 8.17. The molecule has 2 heterocycles. The lowest BCUT2D eigenvalue weighted by Crippen LogP contribution is -2.39. The number of amides is 1. The molecule has 1 fully saturated rings. The number of nitrogens with zero attached hydrogens (tertiary/aromatic N) is 1. The Morgan fingerprint density at radius 3 is 2.96 bits per heavy atom. The average Bonchev–Trinajstić information content (AvgIpc) is 3.27. The molecular formula is C18H21NO4S. The van der Waals surface area contributed by atoms with Crippen molar-refractivity contribution in [2.24, 2.45) is 0 Å². The molecule has 1 aliphatic heterocycles. The Morgan fingerprint density at radius 1 is 1.38 bits per heavy atom. The summed E-state index contributed by atoms with van der Waals surface area (Å²) in [6.45, 7) is 1.78. The van der Waals surface area contributed by atoms with Gasteiger partial charge in [0.15, 0.2) is 18.1 Å². The summed E-state index contributed by atoms with van der Waals surface area (Å²) in [5, 5.41) is 13.8. The van der Waals surface area contributed by atoms with Crippen LogP contribution in [-0.2, 0) is 16.1 Å². The van der Waals surface area contributed by atoms with Crippen LogP contribution in [0.15, 0.2) is 41.1 Å². The first-order valence-electron chi connectivity index (χ1n) is 8.03. The molecule has 1 saturated heterocycles. The Kier molecular flexibility index (Phi) is 5.72. The van der Waals surface area contributed by atoms with Crippen molar-refractivity contribution in [3.63, 3.8) is 0 Å². The molecule has 1 N–H and O–H groups in total. The van der Waals surface area contributed by atoms with E-state index in [9.17, 15) is 9.90 Å². The molecular weight excluding hydrogens is 326 g/mol. The molecule has 0 radical (unpaired) electrons. The predicted molar refractivity (Wildman–Crippen MR) is 92.3 cm³/mol. The molecule has 128 valence electrons. The lowest BCUT2D eigenvalue weighted by atomic mass is 10.2. The second-order valence-corrected chi connectivity index (χ2v) is 6.58. The van der Waals surface area contributed by atoms with Gasteiger partial charge in [-0.05, 0) is 47.4 Å². The van der Waals surface area contributed by atoms with Crippen molar-refractivity contribution in [3.05, 3.63) is 46.7 Å². The normalized spacial score (nSPS) is 16.9. The Labute approximate surface area is 145 Å². The van der Waals surface area contributed by atoms with Crippen LogP contribution in [-0.4, -0.2) is 41.8 Å². The predicted octanol–water partition coefficient (Wildman–Crippen LogP) is 3.04. The van der Waals surface area contributed by atoms with Gasteiger partial charge in [0.1, 0.15) is 0 Å². The first-order chi connectivity index (χ1) is 11.7. The molecule has 3 rings (SSSR count). The minimum Gasteiger partial charge on any atom is -0.504 e. The highest BCUT2D eigenvalue weighted by Gasteiger charge is 2.23. The Morgan fingerprint density at radius 2 is 2.25 bits per heavy atom. The summed E-state index contributed by atoms with van der Waals surface area (Å²) in [7, 11) is 0. The van der Waals surface area contributed by atoms with E-state index in [-0.39, 0.29) is 24.4 Å². The second-order valence-electron chi connectivity index (χ2n) is 5.80. The van der Waals surface area contributed by atoms with Gasteiger partial charge in [-0.25, -0.2) is 0 Å². The smallest absolute Gasteiger partial charge is 0.260 e. The number of aromatic hydroxyl groups is 1. The largest absolute Gasteiger partial charge is 0.504 e. The number of benzene rings is 1. The third-order valence-electron chi connectivity index (χ3n) is 3.97. The number of carbonyl (C=O) groups excluding carboxylic acids is 1. The molecule has 0 aliphatic carbocycles. The molecule has 2 aromatic rings. The number of ether oxygens (including phenoxy) is 2. The van der Waals surface area contributed by atoms with E-state index >= 15 is 0 Å². The maximum atomic E-state index is 12.6. The summed E-state index contributed by atoms with van der Waals surface area (Å²) in [5.74, 6) is 0.243. The number of para-hydroxylation sites is 2. The van der Waals surface area contributed by atoms with Crippen molar-refractivity contribution in [1.29, 1.82) is 0 Å². The summed E-state index contributed by atoms with van der Waals surface area (Å²) in [5.41, 5.74) is 1.11. The standard InChI is InChI=1S/C18H21NO4S/c20-16-5-1-2-6-17(16)23-12-18(21)19(10-14-7-9-24-13-14)11-15-4-3-8-22-15/h1-2,5-7,9,13,15,20H,3-4,8,10-12H2/t15-/m1/s1. The zero-order chi connectivity index (χ0) is 16.8. The Bertz CT molecular complexity index is 653. The summed E-state index contributed by atoms with van der Waals surface area (Å²) in [6.07, 6.45) is 2.12. The average molecular weight is 347 g/mol. The molecule has 5 nitrogen and oxygen atoms in total. The van der Waals surface area contributed by atoms with Crippen LogP contribution in [0.4, 0.5) is 0 Å². The SMILES string of the molecule is O=C(COc1ccccc1O)N(Cc1ccsc1)C[C@H]1CCCO1. The fourth-order valence-electron chi connectivity index (χ4n) is 2.70. The zero-order valence-electron chi connectivity index (χ0n) is 13.4. The van der Waals surface area contributed by atoms with E-state index in [0.29, 0.717) is 18.8 Å². The van der Waals surface area contributed by atoms with Gasteiger partial charge < -0.3 is 19.5 Å². The van der Waals surface area contributed by atoms with Gasteiger partial charge in [0.2, 0.25) is 0 Å². The maximum absolute atomic E-state index is 12.6. The van der Waals surface area contributed by atoms with Gasteiger partial charge in [0.25, 0.3) is 5.91 Å². The van der Waals surface area contributed by atoms with Gasteiger partial charge in [0.05, 0.1) is 6.10 Å². The summed E-state index contributed by atoms with van der Waals surface area (Å²) < 4.78 is 11.1. The number of phenolic OH excluding ortho intramolecular Hbond substituents is 1. The molecule has 0 bridgehead atoms. The van der Waals surface area contributed by atoms with Crippen molar-refractivity contribution >= 4 is 17.2 Å². The van der Waals surface area contributed by atoms with Crippen LogP contribution >= 0.6 is 11.3 Å². The lowest BCUT2D eigenvalue weighted by Gasteiger charge is -2.25. The number of rotatable bonds is 7. The van der Waals surface area contributed by atoms with E-state index in [1.165, 1.54) is 6.07 Å². The van der Waals surface area contributed by atoms with E-state index in [0.717, 1.165) is 25.0 Å². The van der Waals surface area contributed by atoms with Crippen molar-refractivity contribution in [2.45, 2.75) is 25.5 Å². The first kappa shape index (κ1) is 16.8. The number of thiophene rings is 1. The molecule has 0 saturated carbocycles. The van der Waals surface area contributed by atoms with E-state index in [2.05, 4.69) is 0 Å². The van der Waals surface area contributed by atoms with Crippen LogP contribution in [0, 0.1) is 0 Å². The van der Waals surface area contributed by atoms with Gasteiger partial charge >= 0.3 is 0 Å². The van der Waals surface area contributed by atoms with Gasteiger partial charge in [-0.1, -0.05) is 12.1 Å². The quantitative estimate of drug-likeness (QED) is 0.836.